The fourth-order valence-electron chi connectivity index (χ4n) is 2.86. The van der Waals surface area contributed by atoms with E-state index in [0.717, 1.165) is 36.8 Å². The van der Waals surface area contributed by atoms with E-state index in [0.29, 0.717) is 5.56 Å². The molecule has 1 N–H and O–H groups in total. The van der Waals surface area contributed by atoms with Crippen molar-refractivity contribution in [3.63, 3.8) is 0 Å². The number of carbonyl (C=O) groups excluding carboxylic acids is 3. The molecule has 23 heavy (non-hydrogen) atoms. The first-order valence-electron chi connectivity index (χ1n) is 7.60. The molecule has 1 aromatic carbocycles. The van der Waals surface area contributed by atoms with Gasteiger partial charge in [0.2, 0.25) is 5.91 Å². The van der Waals surface area contributed by atoms with E-state index >= 15 is 0 Å². The van der Waals surface area contributed by atoms with Gasteiger partial charge in [-0.3, -0.25) is 19.3 Å². The van der Waals surface area contributed by atoms with E-state index in [4.69, 9.17) is 0 Å². The second-order valence-electron chi connectivity index (χ2n) is 5.80. The molecule has 1 atom stereocenters. The van der Waals surface area contributed by atoms with Gasteiger partial charge in [0.05, 0.1) is 12.3 Å². The van der Waals surface area contributed by atoms with Crippen molar-refractivity contribution >= 4 is 28.8 Å². The molecule has 2 heterocycles. The third-order valence-electron chi connectivity index (χ3n) is 4.26. The molecule has 3 rings (SSSR count). The van der Waals surface area contributed by atoms with Crippen LogP contribution < -0.4 is 5.32 Å². The predicted octanol–water partition coefficient (Wildman–Crippen LogP) is 1.32. The van der Waals surface area contributed by atoms with Crippen LogP contribution in [0.25, 0.3) is 0 Å². The minimum absolute atomic E-state index is 0.0333. The summed E-state index contributed by atoms with van der Waals surface area (Å²) in [7, 11) is 1.82. The van der Waals surface area contributed by atoms with Gasteiger partial charge >= 0.3 is 0 Å². The number of hydrogen-bond acceptors (Lipinski definition) is 5. The lowest BCUT2D eigenvalue weighted by Gasteiger charge is -2.24. The third kappa shape index (κ3) is 3.40. The van der Waals surface area contributed by atoms with Crippen molar-refractivity contribution in [2.24, 2.45) is 0 Å². The molecule has 0 aliphatic carbocycles. The van der Waals surface area contributed by atoms with Gasteiger partial charge < -0.3 is 10.2 Å². The van der Waals surface area contributed by atoms with E-state index in [-0.39, 0.29) is 35.4 Å². The summed E-state index contributed by atoms with van der Waals surface area (Å²) < 4.78 is 0. The van der Waals surface area contributed by atoms with Crippen LogP contribution in [0.2, 0.25) is 0 Å². The number of imide groups is 1. The Labute approximate surface area is 139 Å². The molecule has 0 saturated carbocycles. The van der Waals surface area contributed by atoms with Crippen LogP contribution >= 0.6 is 11.8 Å². The molecule has 122 valence electrons. The molecular weight excluding hydrogens is 314 g/mol. The molecule has 3 amide bonds. The summed E-state index contributed by atoms with van der Waals surface area (Å²) in [5.74, 6) is -0.00520. The van der Waals surface area contributed by atoms with E-state index in [1.165, 1.54) is 4.90 Å². The molecule has 1 unspecified atom stereocenters. The molecule has 0 spiro atoms. The lowest BCUT2D eigenvalue weighted by molar-refractivity contribution is -0.125. The van der Waals surface area contributed by atoms with E-state index in [1.54, 1.807) is 23.1 Å². The topological polar surface area (TPSA) is 69.7 Å². The van der Waals surface area contributed by atoms with Crippen LogP contribution in [0.3, 0.4) is 0 Å². The average molecular weight is 333 g/mol. The number of thioether (sulfide) groups is 1. The molecule has 2 aliphatic heterocycles. The fraction of sp³-hybridized carbons (Fsp3) is 0.438. The normalized spacial score (nSPS) is 21.1. The van der Waals surface area contributed by atoms with E-state index in [9.17, 15) is 14.4 Å². The van der Waals surface area contributed by atoms with Crippen molar-refractivity contribution in [3.8, 4) is 0 Å². The molecule has 0 bridgehead atoms. The Morgan fingerprint density at radius 1 is 1.43 bits per heavy atom. The first-order valence-corrected chi connectivity index (χ1v) is 8.59. The van der Waals surface area contributed by atoms with Gasteiger partial charge in [-0.1, -0.05) is 23.9 Å². The monoisotopic (exact) mass is 333 g/mol. The predicted molar refractivity (Wildman–Crippen MR) is 88.2 cm³/mol. The summed E-state index contributed by atoms with van der Waals surface area (Å²) >= 11 is 1.02. The van der Waals surface area contributed by atoms with Gasteiger partial charge in [-0.25, -0.2) is 0 Å². The molecule has 2 saturated heterocycles. The zero-order valence-electron chi connectivity index (χ0n) is 12.9. The highest BCUT2D eigenvalue weighted by Gasteiger charge is 2.30. The van der Waals surface area contributed by atoms with Gasteiger partial charge in [-0.15, -0.1) is 0 Å². The van der Waals surface area contributed by atoms with Crippen LogP contribution in [0, 0.1) is 0 Å². The largest absolute Gasteiger partial charge is 0.337 e. The first-order chi connectivity index (χ1) is 11.1. The molecule has 0 radical (unpaired) electrons. The Morgan fingerprint density at radius 2 is 2.26 bits per heavy atom. The van der Waals surface area contributed by atoms with Crippen LogP contribution in [0.4, 0.5) is 4.79 Å². The maximum atomic E-state index is 12.6. The number of benzene rings is 1. The highest BCUT2D eigenvalue weighted by molar-refractivity contribution is 8.14. The standard InChI is InChI=1S/C16H19N3O3S/c1-18(13-5-6-17-8-13)15(21)12-4-2-3-11(7-12)9-19-14(20)10-23-16(19)22/h2-4,7,13,17H,5-6,8-10H2,1H3. The van der Waals surface area contributed by atoms with Gasteiger partial charge in [0, 0.05) is 25.2 Å². The Hall–Kier alpha value is -1.86. The number of carbonyl (C=O) groups is 3. The number of likely N-dealkylation sites (N-methyl/N-ethyl adjacent to an activating group) is 1. The molecule has 1 aromatic rings. The smallest absolute Gasteiger partial charge is 0.289 e. The number of amides is 3. The number of rotatable bonds is 4. The van der Waals surface area contributed by atoms with E-state index in [1.807, 2.05) is 13.1 Å². The minimum Gasteiger partial charge on any atom is -0.337 e. The second-order valence-corrected chi connectivity index (χ2v) is 6.72. The summed E-state index contributed by atoms with van der Waals surface area (Å²) in [5.41, 5.74) is 1.38. The van der Waals surface area contributed by atoms with Crippen LogP contribution in [-0.4, -0.2) is 58.8 Å². The maximum absolute atomic E-state index is 12.6. The summed E-state index contributed by atoms with van der Waals surface area (Å²) in [6.45, 7) is 1.97. The first kappa shape index (κ1) is 16.0. The Balaban J connectivity index is 1.73. The lowest BCUT2D eigenvalue weighted by atomic mass is 10.1. The van der Waals surface area contributed by atoms with Crippen molar-refractivity contribution in [2.75, 3.05) is 25.9 Å². The number of nitrogens with zero attached hydrogens (tertiary/aromatic N) is 2. The van der Waals surface area contributed by atoms with Crippen molar-refractivity contribution in [1.82, 2.24) is 15.1 Å². The summed E-state index contributed by atoms with van der Waals surface area (Å²) in [4.78, 5) is 39.0. The number of nitrogens with one attached hydrogen (secondary N) is 1. The maximum Gasteiger partial charge on any atom is 0.289 e. The quantitative estimate of drug-likeness (QED) is 0.900. The Kier molecular flexibility index (Phi) is 4.68. The number of hydrogen-bond donors (Lipinski definition) is 1. The average Bonchev–Trinajstić information content (AvgIpc) is 3.19. The zero-order chi connectivity index (χ0) is 16.4. The van der Waals surface area contributed by atoms with Crippen molar-refractivity contribution in [2.45, 2.75) is 19.0 Å². The van der Waals surface area contributed by atoms with Gasteiger partial charge in [0.1, 0.15) is 0 Å². The van der Waals surface area contributed by atoms with Crippen LogP contribution in [0.15, 0.2) is 24.3 Å². The SMILES string of the molecule is CN(C(=O)c1cccc(CN2C(=O)CSC2=O)c1)C1CCNC1. The Morgan fingerprint density at radius 3 is 2.91 bits per heavy atom. The molecular formula is C16H19N3O3S. The summed E-state index contributed by atoms with van der Waals surface area (Å²) in [6.07, 6.45) is 0.954. The van der Waals surface area contributed by atoms with E-state index < -0.39 is 0 Å². The van der Waals surface area contributed by atoms with Gasteiger partial charge in [-0.2, -0.15) is 0 Å². The fourth-order valence-corrected chi connectivity index (χ4v) is 3.58. The summed E-state index contributed by atoms with van der Waals surface area (Å²) in [6, 6.07) is 7.38. The van der Waals surface area contributed by atoms with Crippen LogP contribution in [0.1, 0.15) is 22.3 Å². The van der Waals surface area contributed by atoms with Gasteiger partial charge in [0.25, 0.3) is 11.1 Å². The molecule has 2 aliphatic rings. The minimum atomic E-state index is -0.221. The summed E-state index contributed by atoms with van der Waals surface area (Å²) in [5, 5.41) is 3.03. The highest BCUT2D eigenvalue weighted by atomic mass is 32.2. The van der Waals surface area contributed by atoms with E-state index in [2.05, 4.69) is 5.32 Å². The van der Waals surface area contributed by atoms with Gasteiger partial charge in [0.15, 0.2) is 0 Å². The third-order valence-corrected chi connectivity index (χ3v) is 5.12. The second kappa shape index (κ2) is 6.72. The molecule has 6 nitrogen and oxygen atoms in total. The van der Waals surface area contributed by atoms with Crippen molar-refractivity contribution in [3.05, 3.63) is 35.4 Å². The molecule has 0 aromatic heterocycles. The molecule has 2 fully saturated rings. The van der Waals surface area contributed by atoms with Gasteiger partial charge in [-0.05, 0) is 30.7 Å². The van der Waals surface area contributed by atoms with Crippen LogP contribution in [0.5, 0.6) is 0 Å². The van der Waals surface area contributed by atoms with Crippen molar-refractivity contribution < 1.29 is 14.4 Å². The van der Waals surface area contributed by atoms with Crippen molar-refractivity contribution in [1.29, 1.82) is 0 Å². The lowest BCUT2D eigenvalue weighted by Crippen LogP contribution is -2.38. The molecule has 7 heteroatoms. The Bertz CT molecular complexity index is 627. The highest BCUT2D eigenvalue weighted by Crippen LogP contribution is 2.22. The van der Waals surface area contributed by atoms with Crippen LogP contribution in [-0.2, 0) is 11.3 Å². The zero-order valence-corrected chi connectivity index (χ0v) is 13.8.